The molecule has 0 N–H and O–H groups in total. The summed E-state index contributed by atoms with van der Waals surface area (Å²) in [6.45, 7) is 6.88. The Morgan fingerprint density at radius 3 is 2.80 bits per heavy atom. The lowest BCUT2D eigenvalue weighted by molar-refractivity contribution is 0.115. The van der Waals surface area contributed by atoms with Gasteiger partial charge in [0.15, 0.2) is 0 Å². The molecule has 0 aliphatic rings. The summed E-state index contributed by atoms with van der Waals surface area (Å²) < 4.78 is 7.50. The molecule has 0 unspecified atom stereocenters. The molecule has 3 nitrogen and oxygen atoms in total. The Labute approximate surface area is 92.4 Å². The molecule has 0 aliphatic carbocycles. The third-order valence-electron chi connectivity index (χ3n) is 2.33. The van der Waals surface area contributed by atoms with E-state index in [1.165, 1.54) is 19.3 Å². The Kier molecular flexibility index (Phi) is 6.09. The average molecular weight is 210 g/mol. The molecule has 1 heterocycles. The zero-order valence-corrected chi connectivity index (χ0v) is 9.91. The van der Waals surface area contributed by atoms with Crippen molar-refractivity contribution in [3.8, 4) is 0 Å². The minimum atomic E-state index is 0.652. The Morgan fingerprint density at radius 2 is 2.07 bits per heavy atom. The van der Waals surface area contributed by atoms with E-state index < -0.39 is 0 Å². The Bertz CT molecular complexity index is 258. The highest BCUT2D eigenvalue weighted by molar-refractivity contribution is 4.96. The molecule has 0 saturated carbocycles. The van der Waals surface area contributed by atoms with E-state index in [-0.39, 0.29) is 0 Å². The first kappa shape index (κ1) is 12.2. The minimum Gasteiger partial charge on any atom is -0.375 e. The maximum atomic E-state index is 5.50. The van der Waals surface area contributed by atoms with Gasteiger partial charge in [0.05, 0.1) is 12.3 Å². The predicted molar refractivity (Wildman–Crippen MR) is 61.7 cm³/mol. The van der Waals surface area contributed by atoms with E-state index in [0.29, 0.717) is 6.61 Å². The first-order valence-corrected chi connectivity index (χ1v) is 5.97. The van der Waals surface area contributed by atoms with Gasteiger partial charge in [0.1, 0.15) is 0 Å². The Hall–Kier alpha value is -0.830. The second-order valence-electron chi connectivity index (χ2n) is 3.83. The molecule has 0 amide bonds. The molecule has 1 aromatic heterocycles. The van der Waals surface area contributed by atoms with Crippen LogP contribution in [0, 0.1) is 0 Å². The van der Waals surface area contributed by atoms with Crippen LogP contribution in [0.2, 0.25) is 0 Å². The lowest BCUT2D eigenvalue weighted by Crippen LogP contribution is -2.01. The van der Waals surface area contributed by atoms with Crippen molar-refractivity contribution in [3.63, 3.8) is 0 Å². The summed E-state index contributed by atoms with van der Waals surface area (Å²) in [5, 5.41) is 4.44. The number of hydrogen-bond acceptors (Lipinski definition) is 2. The van der Waals surface area contributed by atoms with E-state index in [1.54, 1.807) is 0 Å². The molecule has 0 aliphatic heterocycles. The molecule has 0 aromatic carbocycles. The van der Waals surface area contributed by atoms with Gasteiger partial charge in [0, 0.05) is 19.3 Å². The summed E-state index contributed by atoms with van der Waals surface area (Å²) in [4.78, 5) is 0. The summed E-state index contributed by atoms with van der Waals surface area (Å²) in [6, 6.07) is 2.04. The van der Waals surface area contributed by atoms with E-state index in [9.17, 15) is 0 Å². The fourth-order valence-electron chi connectivity index (χ4n) is 1.35. The van der Waals surface area contributed by atoms with E-state index in [0.717, 1.165) is 25.3 Å². The van der Waals surface area contributed by atoms with Crippen molar-refractivity contribution in [1.29, 1.82) is 0 Å². The Balaban J connectivity index is 2.20. The number of aryl methyl sites for hydroxylation is 1. The quantitative estimate of drug-likeness (QED) is 0.617. The van der Waals surface area contributed by atoms with Crippen LogP contribution in [0.15, 0.2) is 12.3 Å². The zero-order chi connectivity index (χ0) is 10.9. The molecular weight excluding hydrogens is 188 g/mol. The SMILES string of the molecule is CCCCOCc1ccn(CCCC)n1. The second-order valence-corrected chi connectivity index (χ2v) is 3.83. The number of aromatic nitrogens is 2. The molecule has 0 saturated heterocycles. The van der Waals surface area contributed by atoms with E-state index in [2.05, 4.69) is 18.9 Å². The average Bonchev–Trinajstić information content (AvgIpc) is 2.69. The minimum absolute atomic E-state index is 0.652. The number of ether oxygens (including phenoxy) is 1. The van der Waals surface area contributed by atoms with Gasteiger partial charge in [0.25, 0.3) is 0 Å². The molecule has 0 radical (unpaired) electrons. The molecule has 3 heteroatoms. The van der Waals surface area contributed by atoms with E-state index >= 15 is 0 Å². The maximum Gasteiger partial charge on any atom is 0.0906 e. The van der Waals surface area contributed by atoms with Gasteiger partial charge in [-0.2, -0.15) is 5.10 Å². The highest BCUT2D eigenvalue weighted by Crippen LogP contribution is 2.01. The third-order valence-corrected chi connectivity index (χ3v) is 2.33. The standard InChI is InChI=1S/C12H22N2O/c1-3-5-8-14-9-7-12(13-14)11-15-10-6-4-2/h7,9H,3-6,8,10-11H2,1-2H3. The summed E-state index contributed by atoms with van der Waals surface area (Å²) in [5.74, 6) is 0. The maximum absolute atomic E-state index is 5.50. The normalized spacial score (nSPS) is 10.8. The molecule has 15 heavy (non-hydrogen) atoms. The smallest absolute Gasteiger partial charge is 0.0906 e. The fourth-order valence-corrected chi connectivity index (χ4v) is 1.35. The largest absolute Gasteiger partial charge is 0.375 e. The van der Waals surface area contributed by atoms with Gasteiger partial charge in [-0.3, -0.25) is 4.68 Å². The number of unbranched alkanes of at least 4 members (excludes halogenated alkanes) is 2. The molecule has 0 fully saturated rings. The summed E-state index contributed by atoms with van der Waals surface area (Å²) >= 11 is 0. The van der Waals surface area contributed by atoms with Gasteiger partial charge < -0.3 is 4.74 Å². The van der Waals surface area contributed by atoms with Gasteiger partial charge >= 0.3 is 0 Å². The van der Waals surface area contributed by atoms with Crippen LogP contribution in [0.3, 0.4) is 0 Å². The number of rotatable bonds is 8. The van der Waals surface area contributed by atoms with Crippen LogP contribution in [0.25, 0.3) is 0 Å². The van der Waals surface area contributed by atoms with Crippen molar-refractivity contribution in [1.82, 2.24) is 9.78 Å². The Morgan fingerprint density at radius 1 is 1.27 bits per heavy atom. The van der Waals surface area contributed by atoms with Crippen molar-refractivity contribution in [2.24, 2.45) is 0 Å². The van der Waals surface area contributed by atoms with Gasteiger partial charge in [-0.1, -0.05) is 26.7 Å². The van der Waals surface area contributed by atoms with Gasteiger partial charge in [-0.25, -0.2) is 0 Å². The van der Waals surface area contributed by atoms with Crippen LogP contribution >= 0.6 is 0 Å². The predicted octanol–water partition coefficient (Wildman–Crippen LogP) is 3.00. The van der Waals surface area contributed by atoms with Gasteiger partial charge in [-0.05, 0) is 18.9 Å². The van der Waals surface area contributed by atoms with E-state index in [1.807, 2.05) is 16.9 Å². The molecule has 1 aromatic rings. The topological polar surface area (TPSA) is 27.1 Å². The third kappa shape index (κ3) is 4.98. The molecule has 0 spiro atoms. The van der Waals surface area contributed by atoms with Crippen LogP contribution in [-0.4, -0.2) is 16.4 Å². The molecular formula is C12H22N2O. The van der Waals surface area contributed by atoms with Crippen molar-refractivity contribution >= 4 is 0 Å². The summed E-state index contributed by atoms with van der Waals surface area (Å²) in [6.07, 6.45) is 6.76. The van der Waals surface area contributed by atoms with Crippen molar-refractivity contribution in [3.05, 3.63) is 18.0 Å². The highest BCUT2D eigenvalue weighted by Gasteiger charge is 1.98. The molecule has 0 atom stereocenters. The number of hydrogen-bond donors (Lipinski definition) is 0. The first-order chi connectivity index (χ1) is 7.36. The lowest BCUT2D eigenvalue weighted by Gasteiger charge is -2.00. The van der Waals surface area contributed by atoms with Crippen molar-refractivity contribution in [2.45, 2.75) is 52.7 Å². The molecule has 0 bridgehead atoms. The molecule has 1 rings (SSSR count). The summed E-state index contributed by atoms with van der Waals surface area (Å²) in [7, 11) is 0. The second kappa shape index (κ2) is 7.46. The lowest BCUT2D eigenvalue weighted by atomic mass is 10.3. The van der Waals surface area contributed by atoms with Crippen LogP contribution in [0.5, 0.6) is 0 Å². The summed E-state index contributed by atoms with van der Waals surface area (Å²) in [5.41, 5.74) is 1.04. The van der Waals surface area contributed by atoms with Crippen molar-refractivity contribution in [2.75, 3.05) is 6.61 Å². The molecule has 86 valence electrons. The van der Waals surface area contributed by atoms with Gasteiger partial charge in [-0.15, -0.1) is 0 Å². The van der Waals surface area contributed by atoms with Crippen LogP contribution in [0.4, 0.5) is 0 Å². The van der Waals surface area contributed by atoms with E-state index in [4.69, 9.17) is 4.74 Å². The highest BCUT2D eigenvalue weighted by atomic mass is 16.5. The van der Waals surface area contributed by atoms with Crippen LogP contribution in [0.1, 0.15) is 45.2 Å². The van der Waals surface area contributed by atoms with Gasteiger partial charge in [0.2, 0.25) is 0 Å². The van der Waals surface area contributed by atoms with Crippen molar-refractivity contribution < 1.29 is 4.74 Å². The number of nitrogens with zero attached hydrogens (tertiary/aromatic N) is 2. The fraction of sp³-hybridized carbons (Fsp3) is 0.750. The van der Waals surface area contributed by atoms with Crippen LogP contribution < -0.4 is 0 Å². The zero-order valence-electron chi connectivity index (χ0n) is 9.91. The first-order valence-electron chi connectivity index (χ1n) is 5.97. The monoisotopic (exact) mass is 210 g/mol. The van der Waals surface area contributed by atoms with Crippen LogP contribution in [-0.2, 0) is 17.9 Å².